The van der Waals surface area contributed by atoms with Gasteiger partial charge in [-0.1, -0.05) is 0 Å². The Balaban J connectivity index is 6.07. The van der Waals surface area contributed by atoms with E-state index in [1.807, 2.05) is 0 Å². The van der Waals surface area contributed by atoms with Gasteiger partial charge in [-0.05, 0) is 55.4 Å². The summed E-state index contributed by atoms with van der Waals surface area (Å²) in [5.74, 6) is 0. The van der Waals surface area contributed by atoms with Crippen LogP contribution in [0, 0.1) is 0 Å². The Kier molecular flexibility index (Phi) is 23.1. The number of nitrogens with zero attached hydrogens (tertiary/aromatic N) is 2. The molecule has 0 aliphatic carbocycles. The van der Waals surface area contributed by atoms with Crippen molar-refractivity contribution in [2.45, 2.75) is 55.4 Å². The molecule has 16 nitrogen and oxygen atoms in total. The Morgan fingerprint density at radius 1 is 0.405 bits per heavy atom. The van der Waals surface area contributed by atoms with Crippen LogP contribution >= 0.6 is 31.0 Å². The second kappa shape index (κ2) is 22.9. The summed E-state index contributed by atoms with van der Waals surface area (Å²) >= 11 is 0. The number of hydrogen-bond donors (Lipinski definition) is 2. The maximum Gasteiger partial charge on any atom is 0.408 e. The summed E-state index contributed by atoms with van der Waals surface area (Å²) in [4.78, 5) is 0. The summed E-state index contributed by atoms with van der Waals surface area (Å²) in [6, 6.07) is 0. The van der Waals surface area contributed by atoms with Gasteiger partial charge in [-0.2, -0.15) is 0 Å². The van der Waals surface area contributed by atoms with E-state index in [1.54, 1.807) is 55.4 Å². The molecule has 0 saturated carbocycles. The van der Waals surface area contributed by atoms with E-state index in [4.69, 9.17) is 36.2 Å². The zero-order valence-electron chi connectivity index (χ0n) is 26.5. The van der Waals surface area contributed by atoms with Gasteiger partial charge in [0, 0.05) is 39.3 Å². The smallest absolute Gasteiger partial charge is 0.297 e. The van der Waals surface area contributed by atoms with Gasteiger partial charge in [0.15, 0.2) is 0 Å². The van der Waals surface area contributed by atoms with Gasteiger partial charge in [-0.25, -0.2) is 37.8 Å². The van der Waals surface area contributed by atoms with Gasteiger partial charge in [0.05, 0.1) is 52.9 Å². The average Bonchev–Trinajstić information content (AvgIpc) is 2.90. The molecule has 0 bridgehead atoms. The molecule has 0 spiro atoms. The minimum atomic E-state index is -3.83. The van der Waals surface area contributed by atoms with Gasteiger partial charge in [0.25, 0.3) is 0 Å². The molecule has 0 aliphatic rings. The van der Waals surface area contributed by atoms with Crippen molar-refractivity contribution in [1.82, 2.24) is 19.5 Å². The third kappa shape index (κ3) is 15.6. The van der Waals surface area contributed by atoms with E-state index in [0.29, 0.717) is 0 Å². The van der Waals surface area contributed by atoms with Crippen LogP contribution in [0.1, 0.15) is 55.4 Å². The molecule has 0 rings (SSSR count). The molecule has 0 heterocycles. The summed E-state index contributed by atoms with van der Waals surface area (Å²) in [5.41, 5.74) is 0. The minimum Gasteiger partial charge on any atom is -0.297 e. The highest BCUT2D eigenvalue weighted by molar-refractivity contribution is 7.52. The van der Waals surface area contributed by atoms with Gasteiger partial charge in [-0.15, -0.1) is 0 Å². The van der Waals surface area contributed by atoms with Crippen LogP contribution in [0.3, 0.4) is 0 Å². The Morgan fingerprint density at radius 3 is 0.857 bits per heavy atom. The van der Waals surface area contributed by atoms with Crippen LogP contribution < -0.4 is 10.2 Å². The molecule has 42 heavy (non-hydrogen) atoms. The van der Waals surface area contributed by atoms with Crippen molar-refractivity contribution in [2.75, 3.05) is 92.1 Å². The first-order chi connectivity index (χ1) is 19.9. The minimum absolute atomic E-state index is 0.0191. The number of rotatable bonds is 29. The molecule has 0 radical (unpaired) electrons. The van der Waals surface area contributed by atoms with Crippen molar-refractivity contribution >= 4 is 31.0 Å². The molecule has 2 N–H and O–H groups in total. The molecular formula is C22H54N4O12P4. The topological polar surface area (TPSA) is 173 Å². The first kappa shape index (κ1) is 42.4. The van der Waals surface area contributed by atoms with Gasteiger partial charge >= 0.3 is 31.0 Å². The maximum absolute atomic E-state index is 13.8. The Hall–Kier alpha value is 0.440. The van der Waals surface area contributed by atoms with E-state index in [0.717, 1.165) is 0 Å². The van der Waals surface area contributed by atoms with E-state index in [9.17, 15) is 18.3 Å². The molecule has 0 aliphatic heterocycles. The van der Waals surface area contributed by atoms with Crippen LogP contribution in [0.2, 0.25) is 0 Å². The van der Waals surface area contributed by atoms with Crippen LogP contribution in [-0.2, 0) is 54.5 Å². The lowest BCUT2D eigenvalue weighted by molar-refractivity contribution is 0.147. The van der Waals surface area contributed by atoms with Crippen LogP contribution in [0.5, 0.6) is 0 Å². The molecule has 254 valence electrons. The molecule has 0 unspecified atom stereocenters. The summed E-state index contributed by atoms with van der Waals surface area (Å²) in [5, 5.41) is 5.54. The van der Waals surface area contributed by atoms with E-state index in [1.165, 1.54) is 9.34 Å². The van der Waals surface area contributed by atoms with Crippen LogP contribution in [-0.4, -0.2) is 101 Å². The van der Waals surface area contributed by atoms with Crippen molar-refractivity contribution in [3.8, 4) is 0 Å². The lowest BCUT2D eigenvalue weighted by Crippen LogP contribution is -2.39. The third-order valence-electron chi connectivity index (χ3n) is 5.02. The van der Waals surface area contributed by atoms with Gasteiger partial charge in [0.2, 0.25) is 0 Å². The fraction of sp³-hybridized carbons (Fsp3) is 1.00. The first-order valence-corrected chi connectivity index (χ1v) is 20.6. The van der Waals surface area contributed by atoms with Crippen molar-refractivity contribution in [2.24, 2.45) is 0 Å². The molecule has 20 heteroatoms. The molecule has 0 aromatic carbocycles. The van der Waals surface area contributed by atoms with E-state index in [2.05, 4.69) is 10.2 Å². The molecule has 0 aromatic rings. The molecular weight excluding hydrogens is 636 g/mol. The standard InChI is InChI=1S/C22H54N4O12P4/c1-9-31-39(27,32-10-2)23-17-19-25(41(29,35-13-5)36-14-6)21-22-26(42(30,37-15-7)38-16-8)20-18-24-40(28,33-11-3)34-12-4/h9-22H2,1-8H3,(H,23,27)(H,24,28). The van der Waals surface area contributed by atoms with Gasteiger partial charge < -0.3 is 0 Å². The Labute approximate surface area is 252 Å². The highest BCUT2D eigenvalue weighted by Crippen LogP contribution is 2.54. The lowest BCUT2D eigenvalue weighted by atomic mass is 10.5. The Morgan fingerprint density at radius 2 is 0.643 bits per heavy atom. The number of hydrogen-bond acceptors (Lipinski definition) is 12. The SMILES string of the molecule is CCOP(=O)(NCCN(CCN(CCNP(=O)(OCC)OCC)P(=O)(OCC)OCC)P(=O)(OCC)OCC)OCC. The Bertz CT molecular complexity index is 793. The zero-order chi connectivity index (χ0) is 32.1. The normalized spacial score (nSPS) is 13.5. The predicted molar refractivity (Wildman–Crippen MR) is 163 cm³/mol. The van der Waals surface area contributed by atoms with Crippen LogP contribution in [0.25, 0.3) is 0 Å². The summed E-state index contributed by atoms with van der Waals surface area (Å²) in [7, 11) is -14.8. The van der Waals surface area contributed by atoms with E-state index >= 15 is 0 Å². The fourth-order valence-corrected chi connectivity index (χ4v) is 9.65. The van der Waals surface area contributed by atoms with Crippen molar-refractivity contribution in [3.63, 3.8) is 0 Å². The largest absolute Gasteiger partial charge is 0.408 e. The lowest BCUT2D eigenvalue weighted by Gasteiger charge is -2.34. The average molecular weight is 691 g/mol. The summed E-state index contributed by atoms with van der Waals surface area (Å²) in [6.07, 6.45) is 0. The van der Waals surface area contributed by atoms with E-state index < -0.39 is 31.0 Å². The quantitative estimate of drug-likeness (QED) is 0.0942. The van der Waals surface area contributed by atoms with Crippen LogP contribution in [0.4, 0.5) is 0 Å². The molecule has 0 saturated heterocycles. The zero-order valence-corrected chi connectivity index (χ0v) is 30.1. The molecule has 0 atom stereocenters. The third-order valence-corrected chi connectivity index (χ3v) is 13.2. The summed E-state index contributed by atoms with van der Waals surface area (Å²) < 4.78 is 99.7. The van der Waals surface area contributed by atoms with E-state index in [-0.39, 0.29) is 92.1 Å². The summed E-state index contributed by atoms with van der Waals surface area (Å²) in [6.45, 7) is 14.8. The monoisotopic (exact) mass is 690 g/mol. The fourth-order valence-electron chi connectivity index (χ4n) is 3.57. The second-order valence-electron chi connectivity index (χ2n) is 8.00. The van der Waals surface area contributed by atoms with Gasteiger partial charge in [0.1, 0.15) is 0 Å². The highest BCUT2D eigenvalue weighted by atomic mass is 31.2. The molecule has 0 amide bonds. The number of nitrogens with one attached hydrogen (secondary N) is 2. The first-order valence-electron chi connectivity index (χ1n) is 14.5. The molecule has 0 fully saturated rings. The maximum atomic E-state index is 13.8. The van der Waals surface area contributed by atoms with Crippen molar-refractivity contribution in [3.05, 3.63) is 0 Å². The van der Waals surface area contributed by atoms with Crippen molar-refractivity contribution in [1.29, 1.82) is 0 Å². The van der Waals surface area contributed by atoms with Crippen molar-refractivity contribution < 1.29 is 54.5 Å². The van der Waals surface area contributed by atoms with Crippen LogP contribution in [0.15, 0.2) is 0 Å². The predicted octanol–water partition coefficient (Wildman–Crippen LogP) is 5.49. The highest BCUT2D eigenvalue weighted by Gasteiger charge is 2.38. The van der Waals surface area contributed by atoms with Gasteiger partial charge in [-0.3, -0.25) is 36.2 Å². The second-order valence-corrected chi connectivity index (χ2v) is 15.7. The molecule has 0 aromatic heterocycles.